The van der Waals surface area contributed by atoms with Crippen molar-refractivity contribution < 1.29 is 15.0 Å². The van der Waals surface area contributed by atoms with Gasteiger partial charge < -0.3 is 10.2 Å². The van der Waals surface area contributed by atoms with Crippen LogP contribution >= 0.6 is 0 Å². The van der Waals surface area contributed by atoms with Gasteiger partial charge in [-0.3, -0.25) is 4.99 Å². The number of phenolic OH excluding ortho intramolecular Hbond substituents is 1. The summed E-state index contributed by atoms with van der Waals surface area (Å²) in [5, 5.41) is 20.9. The molecule has 0 amide bonds. The highest BCUT2D eigenvalue weighted by Gasteiger charge is 2.19. The molecule has 0 spiro atoms. The Hall–Kier alpha value is -2.36. The Balaban J connectivity index is 2.39. The van der Waals surface area contributed by atoms with Gasteiger partial charge in [-0.2, -0.15) is 0 Å². The van der Waals surface area contributed by atoms with Crippen LogP contribution in [0.25, 0.3) is 10.8 Å². The molecule has 2 rings (SSSR count). The molecule has 0 unspecified atom stereocenters. The Kier molecular flexibility index (Phi) is 4.03. The van der Waals surface area contributed by atoms with Gasteiger partial charge in [0.05, 0.1) is 0 Å². The SMILES string of the molecule is CC(C)[C@H](N=Cc1ccc2ccccc2c1O)C(=O)O. The van der Waals surface area contributed by atoms with Gasteiger partial charge >= 0.3 is 5.97 Å². The number of rotatable bonds is 4. The molecule has 0 radical (unpaired) electrons. The summed E-state index contributed by atoms with van der Waals surface area (Å²) < 4.78 is 0. The third kappa shape index (κ3) is 2.79. The molecule has 0 heterocycles. The first-order valence-electron chi connectivity index (χ1n) is 6.47. The Morgan fingerprint density at radius 3 is 2.55 bits per heavy atom. The smallest absolute Gasteiger partial charge is 0.328 e. The second-order valence-electron chi connectivity index (χ2n) is 5.03. The van der Waals surface area contributed by atoms with E-state index in [0.717, 1.165) is 10.8 Å². The first-order chi connectivity index (χ1) is 9.50. The molecule has 2 aromatic rings. The molecular formula is C16H17NO3. The molecule has 20 heavy (non-hydrogen) atoms. The van der Waals surface area contributed by atoms with Gasteiger partial charge in [-0.15, -0.1) is 0 Å². The van der Waals surface area contributed by atoms with E-state index in [1.807, 2.05) is 30.3 Å². The summed E-state index contributed by atoms with van der Waals surface area (Å²) in [5.74, 6) is -0.942. The van der Waals surface area contributed by atoms with E-state index in [1.165, 1.54) is 6.21 Å². The van der Waals surface area contributed by atoms with E-state index in [1.54, 1.807) is 19.9 Å². The molecule has 0 aliphatic heterocycles. The Bertz CT molecular complexity index is 662. The lowest BCUT2D eigenvalue weighted by Crippen LogP contribution is -2.24. The van der Waals surface area contributed by atoms with Gasteiger partial charge in [0.25, 0.3) is 0 Å². The Morgan fingerprint density at radius 2 is 1.90 bits per heavy atom. The Labute approximate surface area is 117 Å². The van der Waals surface area contributed by atoms with E-state index in [9.17, 15) is 9.90 Å². The molecule has 0 saturated heterocycles. The van der Waals surface area contributed by atoms with Crippen LogP contribution in [0.1, 0.15) is 19.4 Å². The lowest BCUT2D eigenvalue weighted by atomic mass is 10.0. The van der Waals surface area contributed by atoms with Crippen LogP contribution in [0.2, 0.25) is 0 Å². The number of hydrogen-bond acceptors (Lipinski definition) is 3. The molecule has 2 aromatic carbocycles. The van der Waals surface area contributed by atoms with Crippen LogP contribution in [-0.2, 0) is 4.79 Å². The van der Waals surface area contributed by atoms with Crippen molar-refractivity contribution >= 4 is 23.0 Å². The van der Waals surface area contributed by atoms with E-state index in [2.05, 4.69) is 4.99 Å². The molecule has 0 aliphatic carbocycles. The number of nitrogens with zero attached hydrogens (tertiary/aromatic N) is 1. The molecule has 0 saturated carbocycles. The maximum atomic E-state index is 11.1. The van der Waals surface area contributed by atoms with Crippen molar-refractivity contribution in [3.8, 4) is 5.75 Å². The number of benzene rings is 2. The van der Waals surface area contributed by atoms with Gasteiger partial charge in [0, 0.05) is 17.2 Å². The number of fused-ring (bicyclic) bond motifs is 1. The first kappa shape index (κ1) is 14.1. The third-order valence-corrected chi connectivity index (χ3v) is 3.19. The van der Waals surface area contributed by atoms with Crippen LogP contribution in [0.15, 0.2) is 41.4 Å². The second kappa shape index (κ2) is 5.74. The van der Waals surface area contributed by atoms with Gasteiger partial charge in [0.1, 0.15) is 11.8 Å². The zero-order valence-corrected chi connectivity index (χ0v) is 11.4. The van der Waals surface area contributed by atoms with E-state index in [4.69, 9.17) is 5.11 Å². The zero-order valence-electron chi connectivity index (χ0n) is 11.4. The van der Waals surface area contributed by atoms with Crippen molar-refractivity contribution in [2.45, 2.75) is 19.9 Å². The molecule has 104 valence electrons. The summed E-state index contributed by atoms with van der Waals surface area (Å²) in [6.45, 7) is 3.60. The number of aromatic hydroxyl groups is 1. The quantitative estimate of drug-likeness (QED) is 0.839. The highest BCUT2D eigenvalue weighted by molar-refractivity contribution is 5.97. The predicted octanol–water partition coefficient (Wildman–Crippen LogP) is 3.07. The van der Waals surface area contributed by atoms with Crippen molar-refractivity contribution in [2.24, 2.45) is 10.9 Å². The fourth-order valence-electron chi connectivity index (χ4n) is 2.06. The van der Waals surface area contributed by atoms with Crippen molar-refractivity contribution in [3.63, 3.8) is 0 Å². The Morgan fingerprint density at radius 1 is 1.20 bits per heavy atom. The minimum Gasteiger partial charge on any atom is -0.507 e. The standard InChI is InChI=1S/C16H17NO3/c1-10(2)14(16(19)20)17-9-12-8-7-11-5-3-4-6-13(11)15(12)18/h3-10,14,18H,1-2H3,(H,19,20)/t14-/m0/s1. The molecule has 0 fully saturated rings. The van der Waals surface area contributed by atoms with Crippen molar-refractivity contribution in [3.05, 3.63) is 42.0 Å². The maximum Gasteiger partial charge on any atom is 0.328 e. The van der Waals surface area contributed by atoms with Crippen LogP contribution in [0, 0.1) is 5.92 Å². The average molecular weight is 271 g/mol. The third-order valence-electron chi connectivity index (χ3n) is 3.19. The molecule has 0 bridgehead atoms. The number of hydrogen-bond donors (Lipinski definition) is 2. The topological polar surface area (TPSA) is 69.9 Å². The molecule has 2 N–H and O–H groups in total. The van der Waals surface area contributed by atoms with Crippen LogP contribution in [-0.4, -0.2) is 28.4 Å². The fourth-order valence-corrected chi connectivity index (χ4v) is 2.06. The minimum absolute atomic E-state index is 0.105. The average Bonchev–Trinajstić information content (AvgIpc) is 2.41. The lowest BCUT2D eigenvalue weighted by Gasteiger charge is -2.11. The van der Waals surface area contributed by atoms with Crippen molar-refractivity contribution in [1.29, 1.82) is 0 Å². The fraction of sp³-hybridized carbons (Fsp3) is 0.250. The van der Waals surface area contributed by atoms with Gasteiger partial charge in [-0.05, 0) is 17.4 Å². The largest absolute Gasteiger partial charge is 0.507 e. The summed E-state index contributed by atoms with van der Waals surface area (Å²) in [4.78, 5) is 15.2. The first-order valence-corrected chi connectivity index (χ1v) is 6.47. The molecule has 4 nitrogen and oxygen atoms in total. The molecule has 0 aliphatic rings. The molecule has 1 atom stereocenters. The highest BCUT2D eigenvalue weighted by atomic mass is 16.4. The van der Waals surface area contributed by atoms with E-state index in [-0.39, 0.29) is 11.7 Å². The normalized spacial score (nSPS) is 13.2. The van der Waals surface area contributed by atoms with Crippen LogP contribution in [0.3, 0.4) is 0 Å². The predicted molar refractivity (Wildman–Crippen MR) is 79.5 cm³/mol. The number of carbonyl (C=O) groups is 1. The molecule has 0 aromatic heterocycles. The van der Waals surface area contributed by atoms with Gasteiger partial charge in [0.15, 0.2) is 0 Å². The van der Waals surface area contributed by atoms with E-state index in [0.29, 0.717) is 5.56 Å². The van der Waals surface area contributed by atoms with E-state index < -0.39 is 12.0 Å². The van der Waals surface area contributed by atoms with Gasteiger partial charge in [-0.25, -0.2) is 4.79 Å². The lowest BCUT2D eigenvalue weighted by molar-refractivity contribution is -0.139. The number of phenols is 1. The van der Waals surface area contributed by atoms with E-state index >= 15 is 0 Å². The van der Waals surface area contributed by atoms with Crippen molar-refractivity contribution in [2.75, 3.05) is 0 Å². The maximum absolute atomic E-state index is 11.1. The summed E-state index contributed by atoms with van der Waals surface area (Å²) >= 11 is 0. The minimum atomic E-state index is -0.962. The van der Waals surface area contributed by atoms with Crippen LogP contribution < -0.4 is 0 Å². The summed E-state index contributed by atoms with van der Waals surface area (Å²) in [6.07, 6.45) is 1.43. The number of carboxylic acid groups (broad SMARTS) is 1. The summed E-state index contributed by atoms with van der Waals surface area (Å²) in [7, 11) is 0. The monoisotopic (exact) mass is 271 g/mol. The highest BCUT2D eigenvalue weighted by Crippen LogP contribution is 2.27. The molecule has 4 heteroatoms. The van der Waals surface area contributed by atoms with Gasteiger partial charge in [-0.1, -0.05) is 44.2 Å². The van der Waals surface area contributed by atoms with Crippen molar-refractivity contribution in [1.82, 2.24) is 0 Å². The zero-order chi connectivity index (χ0) is 14.7. The second-order valence-corrected chi connectivity index (χ2v) is 5.03. The number of aliphatic imine (C=N–C) groups is 1. The number of carboxylic acids is 1. The van der Waals surface area contributed by atoms with Gasteiger partial charge in [0.2, 0.25) is 0 Å². The summed E-state index contributed by atoms with van der Waals surface area (Å²) in [6, 6.07) is 10.3. The number of aliphatic carboxylic acids is 1. The van der Waals surface area contributed by atoms with Crippen LogP contribution in [0.5, 0.6) is 5.75 Å². The van der Waals surface area contributed by atoms with Crippen LogP contribution in [0.4, 0.5) is 0 Å². The summed E-state index contributed by atoms with van der Waals surface area (Å²) in [5.41, 5.74) is 0.524. The molecular weight excluding hydrogens is 254 g/mol.